The quantitative estimate of drug-likeness (QED) is 0.796. The lowest BCUT2D eigenvalue weighted by Gasteiger charge is -2.27. The summed E-state index contributed by atoms with van der Waals surface area (Å²) in [6.07, 6.45) is -5.81. The predicted molar refractivity (Wildman–Crippen MR) is 83.9 cm³/mol. The zero-order chi connectivity index (χ0) is 20.1. The fourth-order valence-corrected chi connectivity index (χ4v) is 3.33. The topological polar surface area (TPSA) is 95.0 Å². The Hall–Kier alpha value is -2.91. The molecule has 0 aromatic heterocycles. The van der Waals surface area contributed by atoms with Gasteiger partial charge in [0, 0.05) is 13.1 Å². The zero-order valence-corrected chi connectivity index (χ0v) is 14.2. The summed E-state index contributed by atoms with van der Waals surface area (Å²) in [7, 11) is 0. The smallest absolute Gasteiger partial charge is 0.406 e. The van der Waals surface area contributed by atoms with E-state index in [1.54, 1.807) is 13.0 Å². The molecule has 0 spiro atoms. The molecule has 1 fully saturated rings. The molecule has 2 aliphatic rings. The SMILES string of the molecule is Cc1ccc2c(c1)C(=O)N(CC(=O)N1CCC(C(=O)O)(C(F)(F)F)C1)C2=O. The number of aliphatic carboxylic acids is 1. The second kappa shape index (κ2) is 6.07. The first-order valence-electron chi connectivity index (χ1n) is 8.03. The van der Waals surface area contributed by atoms with Crippen LogP contribution in [0.5, 0.6) is 0 Å². The summed E-state index contributed by atoms with van der Waals surface area (Å²) >= 11 is 0. The van der Waals surface area contributed by atoms with E-state index in [4.69, 9.17) is 5.11 Å². The van der Waals surface area contributed by atoms with Crippen LogP contribution in [0.4, 0.5) is 13.2 Å². The lowest BCUT2D eigenvalue weighted by molar-refractivity contribution is -0.227. The van der Waals surface area contributed by atoms with Gasteiger partial charge < -0.3 is 10.0 Å². The van der Waals surface area contributed by atoms with E-state index in [-0.39, 0.29) is 11.1 Å². The summed E-state index contributed by atoms with van der Waals surface area (Å²) in [6.45, 7) is -0.489. The number of fused-ring (bicyclic) bond motifs is 1. The molecule has 1 N–H and O–H groups in total. The molecule has 27 heavy (non-hydrogen) atoms. The van der Waals surface area contributed by atoms with Crippen LogP contribution in [0, 0.1) is 12.3 Å². The van der Waals surface area contributed by atoms with Gasteiger partial charge in [-0.2, -0.15) is 13.2 Å². The lowest BCUT2D eigenvalue weighted by Crippen LogP contribution is -2.49. The molecule has 1 saturated heterocycles. The number of benzene rings is 1. The number of amides is 3. The number of rotatable bonds is 3. The number of carbonyl (C=O) groups excluding carboxylic acids is 3. The number of likely N-dealkylation sites (tertiary alicyclic amines) is 1. The van der Waals surface area contributed by atoms with Crippen LogP contribution in [-0.2, 0) is 9.59 Å². The maximum absolute atomic E-state index is 13.2. The Morgan fingerprint density at radius 3 is 2.37 bits per heavy atom. The van der Waals surface area contributed by atoms with E-state index in [0.29, 0.717) is 4.90 Å². The van der Waals surface area contributed by atoms with E-state index in [1.165, 1.54) is 12.1 Å². The average molecular weight is 384 g/mol. The molecule has 144 valence electrons. The Morgan fingerprint density at radius 1 is 1.19 bits per heavy atom. The Labute approximate surface area is 151 Å². The minimum atomic E-state index is -5.03. The van der Waals surface area contributed by atoms with Crippen LogP contribution >= 0.6 is 0 Å². The molecule has 1 atom stereocenters. The first-order chi connectivity index (χ1) is 12.5. The van der Waals surface area contributed by atoms with E-state index < -0.39 is 61.3 Å². The Bertz CT molecular complexity index is 867. The van der Waals surface area contributed by atoms with Gasteiger partial charge in [-0.25, -0.2) is 0 Å². The number of hydrogen-bond acceptors (Lipinski definition) is 4. The van der Waals surface area contributed by atoms with E-state index in [2.05, 4.69) is 0 Å². The Kier molecular flexibility index (Phi) is 4.24. The van der Waals surface area contributed by atoms with Crippen LogP contribution in [0.2, 0.25) is 0 Å². The molecule has 1 unspecified atom stereocenters. The van der Waals surface area contributed by atoms with Gasteiger partial charge in [0.1, 0.15) is 6.54 Å². The van der Waals surface area contributed by atoms with Crippen LogP contribution in [0.1, 0.15) is 32.7 Å². The third kappa shape index (κ3) is 2.84. The Balaban J connectivity index is 1.77. The van der Waals surface area contributed by atoms with Gasteiger partial charge in [0.2, 0.25) is 5.91 Å². The molecular formula is C17H15F3N2O5. The molecule has 1 aromatic carbocycles. The maximum atomic E-state index is 13.2. The van der Waals surface area contributed by atoms with Gasteiger partial charge in [-0.05, 0) is 25.5 Å². The molecule has 10 heteroatoms. The number of nitrogens with zero attached hydrogens (tertiary/aromatic N) is 2. The number of hydrogen-bond donors (Lipinski definition) is 1. The van der Waals surface area contributed by atoms with E-state index in [0.717, 1.165) is 10.5 Å². The number of carbonyl (C=O) groups is 4. The lowest BCUT2D eigenvalue weighted by atomic mass is 9.86. The average Bonchev–Trinajstić information content (AvgIpc) is 3.12. The van der Waals surface area contributed by atoms with Crippen molar-refractivity contribution in [2.75, 3.05) is 19.6 Å². The van der Waals surface area contributed by atoms with Gasteiger partial charge >= 0.3 is 12.1 Å². The molecule has 0 radical (unpaired) electrons. The van der Waals surface area contributed by atoms with Crippen molar-refractivity contribution in [3.63, 3.8) is 0 Å². The summed E-state index contributed by atoms with van der Waals surface area (Å²) in [5, 5.41) is 9.03. The van der Waals surface area contributed by atoms with Crippen molar-refractivity contribution in [2.45, 2.75) is 19.5 Å². The number of carboxylic acids is 1. The van der Waals surface area contributed by atoms with E-state index >= 15 is 0 Å². The number of alkyl halides is 3. The van der Waals surface area contributed by atoms with Crippen LogP contribution in [0.3, 0.4) is 0 Å². The van der Waals surface area contributed by atoms with E-state index in [1.807, 2.05) is 0 Å². The molecular weight excluding hydrogens is 369 g/mol. The second-order valence-corrected chi connectivity index (χ2v) is 6.70. The van der Waals surface area contributed by atoms with Gasteiger partial charge in [0.25, 0.3) is 11.8 Å². The predicted octanol–water partition coefficient (Wildman–Crippen LogP) is 1.46. The van der Waals surface area contributed by atoms with Crippen molar-refractivity contribution < 1.29 is 37.5 Å². The van der Waals surface area contributed by atoms with Gasteiger partial charge in [-0.3, -0.25) is 24.1 Å². The number of carboxylic acid groups (broad SMARTS) is 1. The summed E-state index contributed by atoms with van der Waals surface area (Å²) < 4.78 is 39.6. The van der Waals surface area contributed by atoms with Crippen LogP contribution in [0.15, 0.2) is 18.2 Å². The normalized spacial score (nSPS) is 22.4. The van der Waals surface area contributed by atoms with Gasteiger partial charge in [0.05, 0.1) is 11.1 Å². The highest BCUT2D eigenvalue weighted by molar-refractivity contribution is 6.22. The second-order valence-electron chi connectivity index (χ2n) is 6.70. The fourth-order valence-electron chi connectivity index (χ4n) is 3.33. The third-order valence-corrected chi connectivity index (χ3v) is 4.99. The maximum Gasteiger partial charge on any atom is 0.406 e. The number of imide groups is 1. The monoisotopic (exact) mass is 384 g/mol. The van der Waals surface area contributed by atoms with Gasteiger partial charge in [0.15, 0.2) is 5.41 Å². The first-order valence-corrected chi connectivity index (χ1v) is 8.03. The highest BCUT2D eigenvalue weighted by Crippen LogP contribution is 2.45. The van der Waals surface area contributed by atoms with Crippen molar-refractivity contribution >= 4 is 23.7 Å². The highest BCUT2D eigenvalue weighted by atomic mass is 19.4. The fraction of sp³-hybridized carbons (Fsp3) is 0.412. The summed E-state index contributed by atoms with van der Waals surface area (Å²) in [4.78, 5) is 49.6. The molecule has 3 amide bonds. The molecule has 2 aliphatic heterocycles. The zero-order valence-electron chi connectivity index (χ0n) is 14.2. The van der Waals surface area contributed by atoms with Crippen molar-refractivity contribution in [3.8, 4) is 0 Å². The summed E-state index contributed by atoms with van der Waals surface area (Å²) in [5.41, 5.74) is -2.06. The standard InChI is InChI=1S/C17H15F3N2O5/c1-9-2-3-10-11(6-9)14(25)22(13(10)24)7-12(23)21-5-4-16(8-21,15(26)27)17(18,19)20/h2-3,6H,4-5,7-8H2,1H3,(H,26,27). The summed E-state index contributed by atoms with van der Waals surface area (Å²) in [5.74, 6) is -4.37. The van der Waals surface area contributed by atoms with Crippen molar-refractivity contribution in [2.24, 2.45) is 5.41 Å². The molecule has 7 nitrogen and oxygen atoms in total. The molecule has 2 heterocycles. The Morgan fingerprint density at radius 2 is 1.81 bits per heavy atom. The number of aryl methyl sites for hydroxylation is 1. The van der Waals surface area contributed by atoms with Crippen molar-refractivity contribution in [1.29, 1.82) is 0 Å². The molecule has 0 saturated carbocycles. The number of halogens is 3. The van der Waals surface area contributed by atoms with Crippen molar-refractivity contribution in [3.05, 3.63) is 34.9 Å². The van der Waals surface area contributed by atoms with Crippen LogP contribution < -0.4 is 0 Å². The van der Waals surface area contributed by atoms with Gasteiger partial charge in [-0.1, -0.05) is 11.6 Å². The minimum absolute atomic E-state index is 0.120. The third-order valence-electron chi connectivity index (χ3n) is 4.99. The first kappa shape index (κ1) is 18.9. The molecule has 0 bridgehead atoms. The molecule has 1 aromatic rings. The van der Waals surface area contributed by atoms with Crippen LogP contribution in [-0.4, -0.2) is 64.4 Å². The molecule has 0 aliphatic carbocycles. The van der Waals surface area contributed by atoms with Crippen LogP contribution in [0.25, 0.3) is 0 Å². The van der Waals surface area contributed by atoms with Gasteiger partial charge in [-0.15, -0.1) is 0 Å². The van der Waals surface area contributed by atoms with E-state index in [9.17, 15) is 32.3 Å². The largest absolute Gasteiger partial charge is 0.481 e. The highest BCUT2D eigenvalue weighted by Gasteiger charge is 2.64. The summed E-state index contributed by atoms with van der Waals surface area (Å²) in [6, 6.07) is 4.57. The molecule has 3 rings (SSSR count). The minimum Gasteiger partial charge on any atom is -0.481 e. The van der Waals surface area contributed by atoms with Crippen molar-refractivity contribution in [1.82, 2.24) is 9.80 Å².